The number of benzene rings is 2. The van der Waals surface area contributed by atoms with Crippen molar-refractivity contribution in [3.8, 4) is 0 Å². The Labute approximate surface area is 122 Å². The zero-order valence-electron chi connectivity index (χ0n) is 11.3. The molecular formula is C16H16BrNO. The molecule has 2 rings (SSSR count). The molecule has 2 aromatic rings. The van der Waals surface area contributed by atoms with Gasteiger partial charge < -0.3 is 5.32 Å². The van der Waals surface area contributed by atoms with Crippen molar-refractivity contribution in [1.82, 2.24) is 0 Å². The summed E-state index contributed by atoms with van der Waals surface area (Å²) in [6, 6.07) is 11.5. The molecule has 0 aliphatic rings. The van der Waals surface area contributed by atoms with E-state index < -0.39 is 0 Å². The molecule has 0 heterocycles. The summed E-state index contributed by atoms with van der Waals surface area (Å²) in [6.07, 6.45) is 0. The maximum atomic E-state index is 12.3. The Morgan fingerprint density at radius 1 is 1.05 bits per heavy atom. The minimum atomic E-state index is -0.0667. The number of hydrogen-bond donors (Lipinski definition) is 1. The fourth-order valence-corrected chi connectivity index (χ4v) is 2.16. The van der Waals surface area contributed by atoms with Gasteiger partial charge in [0.25, 0.3) is 5.91 Å². The number of carbonyl (C=O) groups excluding carboxylic acids is 1. The second-order valence-corrected chi connectivity index (χ2v) is 5.52. The van der Waals surface area contributed by atoms with Crippen molar-refractivity contribution in [2.75, 3.05) is 5.32 Å². The van der Waals surface area contributed by atoms with Crippen LogP contribution in [0.3, 0.4) is 0 Å². The predicted molar refractivity (Wildman–Crippen MR) is 82.7 cm³/mol. The van der Waals surface area contributed by atoms with Gasteiger partial charge in [-0.25, -0.2) is 0 Å². The molecule has 0 saturated heterocycles. The molecule has 0 aliphatic carbocycles. The molecule has 0 unspecified atom stereocenters. The lowest BCUT2D eigenvalue weighted by Gasteiger charge is -2.10. The van der Waals surface area contributed by atoms with Gasteiger partial charge in [-0.1, -0.05) is 28.1 Å². The maximum Gasteiger partial charge on any atom is 0.255 e. The standard InChI is InChI=1S/C16H16BrNO/c1-10-5-4-6-14(12(10)3)16(19)18-13-7-8-15(17)11(2)9-13/h4-9H,1-3H3,(H,18,19). The van der Waals surface area contributed by atoms with E-state index in [1.165, 1.54) is 0 Å². The summed E-state index contributed by atoms with van der Waals surface area (Å²) in [6.45, 7) is 5.98. The molecule has 1 N–H and O–H groups in total. The quantitative estimate of drug-likeness (QED) is 0.859. The summed E-state index contributed by atoms with van der Waals surface area (Å²) >= 11 is 3.45. The van der Waals surface area contributed by atoms with Gasteiger partial charge in [-0.3, -0.25) is 4.79 Å². The number of amides is 1. The molecular weight excluding hydrogens is 302 g/mol. The molecule has 0 spiro atoms. The zero-order chi connectivity index (χ0) is 14.0. The Hall–Kier alpha value is -1.61. The zero-order valence-corrected chi connectivity index (χ0v) is 12.8. The SMILES string of the molecule is Cc1cc(NC(=O)c2cccc(C)c2C)ccc1Br. The molecule has 0 fully saturated rings. The monoisotopic (exact) mass is 317 g/mol. The number of nitrogens with one attached hydrogen (secondary N) is 1. The second kappa shape index (κ2) is 5.57. The highest BCUT2D eigenvalue weighted by atomic mass is 79.9. The largest absolute Gasteiger partial charge is 0.322 e. The lowest BCUT2D eigenvalue weighted by molar-refractivity contribution is 0.102. The molecule has 0 atom stereocenters. The molecule has 1 amide bonds. The highest BCUT2D eigenvalue weighted by molar-refractivity contribution is 9.10. The average Bonchev–Trinajstić information content (AvgIpc) is 2.37. The topological polar surface area (TPSA) is 29.1 Å². The van der Waals surface area contributed by atoms with E-state index in [4.69, 9.17) is 0 Å². The van der Waals surface area contributed by atoms with Crippen molar-refractivity contribution in [2.24, 2.45) is 0 Å². The second-order valence-electron chi connectivity index (χ2n) is 4.67. The van der Waals surface area contributed by atoms with Gasteiger partial charge in [-0.05, 0) is 61.7 Å². The minimum absolute atomic E-state index is 0.0667. The van der Waals surface area contributed by atoms with Crippen LogP contribution in [0.5, 0.6) is 0 Å². The summed E-state index contributed by atoms with van der Waals surface area (Å²) in [4.78, 5) is 12.3. The van der Waals surface area contributed by atoms with Crippen LogP contribution in [-0.2, 0) is 0 Å². The summed E-state index contributed by atoms with van der Waals surface area (Å²) in [5.74, 6) is -0.0667. The van der Waals surface area contributed by atoms with Crippen LogP contribution in [0.15, 0.2) is 40.9 Å². The van der Waals surface area contributed by atoms with E-state index in [1.807, 2.05) is 57.2 Å². The Bertz CT molecular complexity index is 635. The Balaban J connectivity index is 2.26. The van der Waals surface area contributed by atoms with E-state index >= 15 is 0 Å². The molecule has 0 saturated carbocycles. The maximum absolute atomic E-state index is 12.3. The van der Waals surface area contributed by atoms with E-state index in [1.54, 1.807) is 0 Å². The third-order valence-electron chi connectivity index (χ3n) is 3.27. The van der Waals surface area contributed by atoms with Crippen molar-refractivity contribution in [3.63, 3.8) is 0 Å². The van der Waals surface area contributed by atoms with Crippen molar-refractivity contribution >= 4 is 27.5 Å². The van der Waals surface area contributed by atoms with Crippen LogP contribution in [0.1, 0.15) is 27.0 Å². The van der Waals surface area contributed by atoms with Crippen molar-refractivity contribution < 1.29 is 4.79 Å². The van der Waals surface area contributed by atoms with E-state index in [2.05, 4.69) is 21.2 Å². The Kier molecular flexibility index (Phi) is 4.05. The van der Waals surface area contributed by atoms with Crippen molar-refractivity contribution in [2.45, 2.75) is 20.8 Å². The summed E-state index contributed by atoms with van der Waals surface area (Å²) < 4.78 is 1.04. The summed E-state index contributed by atoms with van der Waals surface area (Å²) in [7, 11) is 0. The fourth-order valence-electron chi connectivity index (χ4n) is 1.92. The van der Waals surface area contributed by atoms with E-state index in [9.17, 15) is 4.79 Å². The van der Waals surface area contributed by atoms with Gasteiger partial charge in [0.15, 0.2) is 0 Å². The van der Waals surface area contributed by atoms with Gasteiger partial charge in [0.2, 0.25) is 0 Å². The molecule has 2 aromatic carbocycles. The minimum Gasteiger partial charge on any atom is -0.322 e. The molecule has 0 radical (unpaired) electrons. The van der Waals surface area contributed by atoms with Gasteiger partial charge in [0.05, 0.1) is 0 Å². The van der Waals surface area contributed by atoms with Gasteiger partial charge in [-0.15, -0.1) is 0 Å². The third-order valence-corrected chi connectivity index (χ3v) is 4.15. The molecule has 2 nitrogen and oxygen atoms in total. The van der Waals surface area contributed by atoms with Crippen LogP contribution >= 0.6 is 15.9 Å². The van der Waals surface area contributed by atoms with Crippen LogP contribution < -0.4 is 5.32 Å². The number of rotatable bonds is 2. The van der Waals surface area contributed by atoms with E-state index in [0.29, 0.717) is 0 Å². The molecule has 0 aliphatic heterocycles. The first-order chi connectivity index (χ1) is 8.99. The lowest BCUT2D eigenvalue weighted by atomic mass is 10.0. The van der Waals surface area contributed by atoms with Crippen molar-refractivity contribution in [1.29, 1.82) is 0 Å². The molecule has 3 heteroatoms. The van der Waals surface area contributed by atoms with Crippen LogP contribution in [0.4, 0.5) is 5.69 Å². The predicted octanol–water partition coefficient (Wildman–Crippen LogP) is 4.63. The lowest BCUT2D eigenvalue weighted by Crippen LogP contribution is -2.13. The molecule has 19 heavy (non-hydrogen) atoms. The van der Waals surface area contributed by atoms with Crippen molar-refractivity contribution in [3.05, 3.63) is 63.1 Å². The van der Waals surface area contributed by atoms with E-state index in [-0.39, 0.29) is 5.91 Å². The first-order valence-electron chi connectivity index (χ1n) is 6.13. The van der Waals surface area contributed by atoms with Gasteiger partial charge in [0.1, 0.15) is 0 Å². The van der Waals surface area contributed by atoms with Gasteiger partial charge in [-0.2, -0.15) is 0 Å². The highest BCUT2D eigenvalue weighted by Crippen LogP contribution is 2.21. The first-order valence-corrected chi connectivity index (χ1v) is 6.92. The fraction of sp³-hybridized carbons (Fsp3) is 0.188. The molecule has 0 aromatic heterocycles. The first kappa shape index (κ1) is 13.8. The van der Waals surface area contributed by atoms with Gasteiger partial charge in [0, 0.05) is 15.7 Å². The Morgan fingerprint density at radius 3 is 2.47 bits per heavy atom. The summed E-state index contributed by atoms with van der Waals surface area (Å²) in [5.41, 5.74) is 4.78. The highest BCUT2D eigenvalue weighted by Gasteiger charge is 2.10. The number of hydrogen-bond acceptors (Lipinski definition) is 1. The van der Waals surface area contributed by atoms with Crippen LogP contribution in [0, 0.1) is 20.8 Å². The van der Waals surface area contributed by atoms with Gasteiger partial charge >= 0.3 is 0 Å². The van der Waals surface area contributed by atoms with E-state index in [0.717, 1.165) is 32.4 Å². The third kappa shape index (κ3) is 3.04. The number of carbonyl (C=O) groups is 1. The summed E-state index contributed by atoms with van der Waals surface area (Å²) in [5, 5.41) is 2.93. The van der Waals surface area contributed by atoms with Crippen LogP contribution in [-0.4, -0.2) is 5.91 Å². The van der Waals surface area contributed by atoms with Crippen LogP contribution in [0.2, 0.25) is 0 Å². The number of halogens is 1. The van der Waals surface area contributed by atoms with Crippen LogP contribution in [0.25, 0.3) is 0 Å². The number of aryl methyl sites for hydroxylation is 2. The smallest absolute Gasteiger partial charge is 0.255 e. The Morgan fingerprint density at radius 2 is 1.79 bits per heavy atom. The normalized spacial score (nSPS) is 10.3. The molecule has 0 bridgehead atoms. The molecule has 98 valence electrons. The number of anilines is 1. The average molecular weight is 318 g/mol.